The van der Waals surface area contributed by atoms with Gasteiger partial charge in [0.15, 0.2) is 0 Å². The Labute approximate surface area is 106 Å². The fourth-order valence-corrected chi connectivity index (χ4v) is 2.45. The summed E-state index contributed by atoms with van der Waals surface area (Å²) in [6.45, 7) is 3.38. The van der Waals surface area contributed by atoms with Crippen LogP contribution in [-0.2, 0) is 0 Å². The Bertz CT molecular complexity index is 405. The molecule has 1 aromatic heterocycles. The highest BCUT2D eigenvalue weighted by molar-refractivity contribution is 6.32. The van der Waals surface area contributed by atoms with E-state index in [9.17, 15) is 4.79 Å². The predicted molar refractivity (Wildman–Crippen MR) is 66.0 cm³/mol. The van der Waals surface area contributed by atoms with Gasteiger partial charge in [0.2, 0.25) is 5.22 Å². The summed E-state index contributed by atoms with van der Waals surface area (Å²) in [6, 6.07) is 1.85. The topological polar surface area (TPSA) is 59.5 Å². The molecule has 0 radical (unpaired) electrons. The second-order valence-electron chi connectivity index (χ2n) is 4.59. The van der Waals surface area contributed by atoms with E-state index in [1.165, 1.54) is 6.26 Å². The highest BCUT2D eigenvalue weighted by Gasteiger charge is 2.30. The van der Waals surface area contributed by atoms with Crippen LogP contribution in [-0.4, -0.2) is 29.9 Å². The van der Waals surface area contributed by atoms with Gasteiger partial charge in [-0.2, -0.15) is 0 Å². The van der Waals surface area contributed by atoms with Gasteiger partial charge in [-0.3, -0.25) is 4.79 Å². The third-order valence-corrected chi connectivity index (χ3v) is 3.71. The van der Waals surface area contributed by atoms with Gasteiger partial charge in [-0.15, -0.1) is 0 Å². The summed E-state index contributed by atoms with van der Waals surface area (Å²) in [6.07, 6.45) is 3.51. The number of hydrogen-bond acceptors (Lipinski definition) is 3. The zero-order valence-electron chi connectivity index (χ0n) is 9.86. The Morgan fingerprint density at radius 3 is 3.00 bits per heavy atom. The number of nitrogens with zero attached hydrogens (tertiary/aromatic N) is 1. The second-order valence-corrected chi connectivity index (χ2v) is 4.94. The lowest BCUT2D eigenvalue weighted by molar-refractivity contribution is 0.0566. The molecular formula is C12H17ClN2O2. The maximum Gasteiger partial charge on any atom is 0.258 e. The number of hydrogen-bond donors (Lipinski definition) is 1. The van der Waals surface area contributed by atoms with Crippen molar-refractivity contribution in [1.82, 2.24) is 4.90 Å². The molecule has 2 heterocycles. The average molecular weight is 257 g/mol. The summed E-state index contributed by atoms with van der Waals surface area (Å²) in [5, 5.41) is 0.164. The predicted octanol–water partition coefficient (Wildman–Crippen LogP) is 2.13. The lowest BCUT2D eigenvalue weighted by atomic mass is 9.93. The van der Waals surface area contributed by atoms with Crippen molar-refractivity contribution >= 4 is 17.5 Å². The van der Waals surface area contributed by atoms with Crippen LogP contribution >= 0.6 is 11.6 Å². The van der Waals surface area contributed by atoms with Gasteiger partial charge in [0.05, 0.1) is 11.8 Å². The Morgan fingerprint density at radius 1 is 1.65 bits per heavy atom. The van der Waals surface area contributed by atoms with Crippen LogP contribution in [0.25, 0.3) is 0 Å². The molecule has 0 aliphatic carbocycles. The molecule has 4 nitrogen and oxygen atoms in total. The third-order valence-electron chi connectivity index (χ3n) is 3.42. The number of likely N-dealkylation sites (tertiary alicyclic amines) is 1. The van der Waals surface area contributed by atoms with E-state index in [0.717, 1.165) is 12.8 Å². The van der Waals surface area contributed by atoms with Crippen LogP contribution in [0.15, 0.2) is 16.7 Å². The summed E-state index contributed by atoms with van der Waals surface area (Å²) >= 11 is 5.83. The van der Waals surface area contributed by atoms with Crippen LogP contribution in [0.2, 0.25) is 5.22 Å². The van der Waals surface area contributed by atoms with E-state index in [-0.39, 0.29) is 17.2 Å². The van der Waals surface area contributed by atoms with Gasteiger partial charge in [0, 0.05) is 12.6 Å². The average Bonchev–Trinajstić information content (AvgIpc) is 2.75. The number of carbonyl (C=O) groups excluding carboxylic acids is 1. The molecule has 17 heavy (non-hydrogen) atoms. The van der Waals surface area contributed by atoms with Gasteiger partial charge < -0.3 is 15.1 Å². The SMILES string of the molecule is CC1CCC(CN)CN1C(=O)c1ccoc1Cl. The molecule has 2 rings (SSSR count). The summed E-state index contributed by atoms with van der Waals surface area (Å²) in [5.74, 6) is 0.329. The second kappa shape index (κ2) is 5.10. The standard InChI is InChI=1S/C12H17ClN2O2/c1-8-2-3-9(6-14)7-15(8)12(16)10-4-5-17-11(10)13/h4-5,8-9H,2-3,6-7,14H2,1H3. The number of piperidine rings is 1. The van der Waals surface area contributed by atoms with Crippen molar-refractivity contribution in [2.24, 2.45) is 11.7 Å². The molecule has 1 aromatic rings. The van der Waals surface area contributed by atoms with Crippen LogP contribution in [0, 0.1) is 5.92 Å². The summed E-state index contributed by atoms with van der Waals surface area (Å²) < 4.78 is 4.96. The number of furan rings is 1. The van der Waals surface area contributed by atoms with Crippen LogP contribution in [0.1, 0.15) is 30.1 Å². The number of nitrogens with two attached hydrogens (primary N) is 1. The minimum Gasteiger partial charge on any atom is -0.452 e. The van der Waals surface area contributed by atoms with E-state index in [4.69, 9.17) is 21.8 Å². The minimum atomic E-state index is -0.0607. The first kappa shape index (κ1) is 12.5. The van der Waals surface area contributed by atoms with Gasteiger partial charge in [-0.1, -0.05) is 0 Å². The lowest BCUT2D eigenvalue weighted by Crippen LogP contribution is -2.47. The van der Waals surface area contributed by atoms with Crippen LogP contribution in [0.5, 0.6) is 0 Å². The van der Waals surface area contributed by atoms with Crippen LogP contribution in [0.4, 0.5) is 0 Å². The minimum absolute atomic E-state index is 0.0607. The molecule has 0 bridgehead atoms. The molecule has 0 saturated carbocycles. The summed E-state index contributed by atoms with van der Waals surface area (Å²) in [4.78, 5) is 14.1. The zero-order chi connectivity index (χ0) is 12.4. The molecule has 1 aliphatic heterocycles. The van der Waals surface area contributed by atoms with Gasteiger partial charge in [0.1, 0.15) is 0 Å². The van der Waals surface area contributed by atoms with Crippen molar-refractivity contribution in [2.75, 3.05) is 13.1 Å². The molecule has 2 unspecified atom stereocenters. The first-order valence-electron chi connectivity index (χ1n) is 5.87. The molecule has 1 amide bonds. The van der Waals surface area contributed by atoms with E-state index < -0.39 is 0 Å². The fraction of sp³-hybridized carbons (Fsp3) is 0.583. The number of amides is 1. The monoisotopic (exact) mass is 256 g/mol. The summed E-state index contributed by atoms with van der Waals surface area (Å²) in [7, 11) is 0. The number of rotatable bonds is 2. The van der Waals surface area contributed by atoms with Crippen molar-refractivity contribution in [3.8, 4) is 0 Å². The molecule has 1 aliphatic rings. The number of halogens is 1. The maximum atomic E-state index is 12.3. The van der Waals surface area contributed by atoms with Gasteiger partial charge in [0.25, 0.3) is 5.91 Å². The van der Waals surface area contributed by atoms with Crippen molar-refractivity contribution in [3.63, 3.8) is 0 Å². The quantitative estimate of drug-likeness (QED) is 0.882. The first-order valence-corrected chi connectivity index (χ1v) is 6.25. The molecule has 2 N–H and O–H groups in total. The molecule has 2 atom stereocenters. The van der Waals surface area contributed by atoms with E-state index in [2.05, 4.69) is 6.92 Å². The van der Waals surface area contributed by atoms with E-state index in [0.29, 0.717) is 24.6 Å². The highest BCUT2D eigenvalue weighted by Crippen LogP contribution is 2.25. The fourth-order valence-electron chi connectivity index (χ4n) is 2.26. The first-order chi connectivity index (χ1) is 8.13. The van der Waals surface area contributed by atoms with Crippen molar-refractivity contribution < 1.29 is 9.21 Å². The molecular weight excluding hydrogens is 240 g/mol. The lowest BCUT2D eigenvalue weighted by Gasteiger charge is -2.37. The molecule has 5 heteroatoms. The molecule has 94 valence electrons. The van der Waals surface area contributed by atoms with E-state index in [1.807, 2.05) is 4.90 Å². The van der Waals surface area contributed by atoms with Gasteiger partial charge in [-0.05, 0) is 49.9 Å². The maximum absolute atomic E-state index is 12.3. The van der Waals surface area contributed by atoms with E-state index >= 15 is 0 Å². The van der Waals surface area contributed by atoms with Crippen molar-refractivity contribution in [3.05, 3.63) is 23.1 Å². The Kier molecular flexibility index (Phi) is 3.74. The molecule has 0 aromatic carbocycles. The van der Waals surface area contributed by atoms with E-state index in [1.54, 1.807) is 6.07 Å². The Balaban J connectivity index is 2.15. The Morgan fingerprint density at radius 2 is 2.41 bits per heavy atom. The smallest absolute Gasteiger partial charge is 0.258 e. The normalized spacial score (nSPS) is 25.0. The molecule has 1 fully saturated rings. The largest absolute Gasteiger partial charge is 0.452 e. The van der Waals surface area contributed by atoms with Gasteiger partial charge >= 0.3 is 0 Å². The summed E-state index contributed by atoms with van der Waals surface area (Å²) in [5.41, 5.74) is 6.12. The molecule has 1 saturated heterocycles. The molecule has 0 spiro atoms. The zero-order valence-corrected chi connectivity index (χ0v) is 10.6. The van der Waals surface area contributed by atoms with Crippen molar-refractivity contribution in [1.29, 1.82) is 0 Å². The van der Waals surface area contributed by atoms with Crippen LogP contribution < -0.4 is 5.73 Å². The Hall–Kier alpha value is -1.00. The van der Waals surface area contributed by atoms with Crippen LogP contribution in [0.3, 0.4) is 0 Å². The number of carbonyl (C=O) groups is 1. The van der Waals surface area contributed by atoms with Crippen molar-refractivity contribution in [2.45, 2.75) is 25.8 Å². The highest BCUT2D eigenvalue weighted by atomic mass is 35.5. The third kappa shape index (κ3) is 2.48. The van der Waals surface area contributed by atoms with Gasteiger partial charge in [-0.25, -0.2) is 0 Å².